The number of rotatable bonds is 3. The summed E-state index contributed by atoms with van der Waals surface area (Å²) in [5, 5.41) is 0. The van der Waals surface area contributed by atoms with Crippen LogP contribution < -0.4 is 10.5 Å². The van der Waals surface area contributed by atoms with Crippen LogP contribution in [0.3, 0.4) is 0 Å². The van der Waals surface area contributed by atoms with E-state index in [0.29, 0.717) is 11.7 Å². The fourth-order valence-electron chi connectivity index (χ4n) is 2.43. The predicted molar refractivity (Wildman–Crippen MR) is 74.2 cm³/mol. The Bertz CT molecular complexity index is 441. The number of nitrogens with zero attached hydrogens (tertiary/aromatic N) is 2. The third-order valence-corrected chi connectivity index (χ3v) is 3.43. The summed E-state index contributed by atoms with van der Waals surface area (Å²) < 4.78 is 11.8. The second-order valence-corrected chi connectivity index (χ2v) is 5.28. The molecular weight excluding hydrogens is 242 g/mol. The maximum Gasteiger partial charge on any atom is 0.222 e. The van der Waals surface area contributed by atoms with E-state index in [-0.39, 0.29) is 18.3 Å². The molecular formula is C14H23N3O2. The Morgan fingerprint density at radius 2 is 1.89 bits per heavy atom. The van der Waals surface area contributed by atoms with Crippen molar-refractivity contribution in [2.24, 2.45) is 0 Å². The Hall–Kier alpha value is -1.36. The fourth-order valence-corrected chi connectivity index (χ4v) is 2.43. The molecule has 2 heterocycles. The maximum atomic E-state index is 6.04. The van der Waals surface area contributed by atoms with Crippen LogP contribution in [-0.2, 0) is 11.2 Å². The molecule has 1 aromatic rings. The normalized spacial score (nSPS) is 27.3. The highest BCUT2D eigenvalue weighted by Gasteiger charge is 2.27. The lowest BCUT2D eigenvalue weighted by Crippen LogP contribution is -2.36. The molecule has 19 heavy (non-hydrogen) atoms. The number of anilines is 1. The van der Waals surface area contributed by atoms with E-state index in [4.69, 9.17) is 15.2 Å². The monoisotopic (exact) mass is 265 g/mol. The average Bonchev–Trinajstić information content (AvgIpc) is 2.33. The van der Waals surface area contributed by atoms with Crippen molar-refractivity contribution in [2.75, 3.05) is 5.73 Å². The highest BCUT2D eigenvalue weighted by atomic mass is 16.5. The molecule has 2 N–H and O–H groups in total. The van der Waals surface area contributed by atoms with Crippen molar-refractivity contribution < 1.29 is 9.47 Å². The lowest BCUT2D eigenvalue weighted by Gasteiger charge is -2.32. The molecule has 0 amide bonds. The van der Waals surface area contributed by atoms with E-state index in [2.05, 4.69) is 23.8 Å². The number of aromatic nitrogens is 2. The van der Waals surface area contributed by atoms with Gasteiger partial charge in [0.15, 0.2) is 0 Å². The molecule has 1 aliphatic rings. The average molecular weight is 265 g/mol. The quantitative estimate of drug-likeness (QED) is 0.907. The minimum atomic E-state index is 0.136. The Labute approximate surface area is 114 Å². The largest absolute Gasteiger partial charge is 0.474 e. The van der Waals surface area contributed by atoms with Gasteiger partial charge in [-0.05, 0) is 20.8 Å². The van der Waals surface area contributed by atoms with Gasteiger partial charge < -0.3 is 15.2 Å². The Morgan fingerprint density at radius 3 is 2.47 bits per heavy atom. The molecule has 1 fully saturated rings. The molecule has 0 spiro atoms. The van der Waals surface area contributed by atoms with Crippen molar-refractivity contribution in [3.8, 4) is 5.88 Å². The molecule has 0 radical (unpaired) electrons. The van der Waals surface area contributed by atoms with Crippen molar-refractivity contribution in [2.45, 2.75) is 65.3 Å². The van der Waals surface area contributed by atoms with Gasteiger partial charge in [-0.3, -0.25) is 0 Å². The summed E-state index contributed by atoms with van der Waals surface area (Å²) in [6.07, 6.45) is 3.10. The predicted octanol–water partition coefficient (Wildman–Crippen LogP) is 2.26. The molecule has 1 aromatic heterocycles. The fraction of sp³-hybridized carbons (Fsp3) is 0.714. The maximum absolute atomic E-state index is 6.04. The SMILES string of the molecule is CCc1nc(N)c(C)c(OC2CC(C)OC(C)C2)n1. The van der Waals surface area contributed by atoms with E-state index in [1.807, 2.05) is 13.8 Å². The third-order valence-electron chi connectivity index (χ3n) is 3.43. The highest BCUT2D eigenvalue weighted by Crippen LogP contribution is 2.26. The number of nitrogens with two attached hydrogens (primary N) is 1. The van der Waals surface area contributed by atoms with Crippen LogP contribution in [0.4, 0.5) is 5.82 Å². The molecule has 0 aliphatic carbocycles. The smallest absolute Gasteiger partial charge is 0.222 e. The van der Waals surface area contributed by atoms with Crippen LogP contribution in [0.5, 0.6) is 5.88 Å². The molecule has 2 unspecified atom stereocenters. The van der Waals surface area contributed by atoms with Crippen molar-refractivity contribution in [3.05, 3.63) is 11.4 Å². The standard InChI is InChI=1S/C14H23N3O2/c1-5-12-16-13(15)10(4)14(17-12)19-11-6-8(2)18-9(3)7-11/h8-9,11H,5-7H2,1-4H3,(H2,15,16,17). The first-order chi connectivity index (χ1) is 8.99. The molecule has 106 valence electrons. The van der Waals surface area contributed by atoms with Gasteiger partial charge in [-0.1, -0.05) is 6.92 Å². The zero-order valence-corrected chi connectivity index (χ0v) is 12.1. The van der Waals surface area contributed by atoms with Crippen LogP contribution >= 0.6 is 0 Å². The van der Waals surface area contributed by atoms with E-state index >= 15 is 0 Å². The number of nitrogen functional groups attached to an aromatic ring is 1. The lowest BCUT2D eigenvalue weighted by atomic mass is 10.0. The molecule has 1 saturated heterocycles. The van der Waals surface area contributed by atoms with Gasteiger partial charge in [-0.15, -0.1) is 0 Å². The van der Waals surface area contributed by atoms with Gasteiger partial charge in [-0.2, -0.15) is 4.98 Å². The van der Waals surface area contributed by atoms with E-state index < -0.39 is 0 Å². The van der Waals surface area contributed by atoms with Crippen molar-refractivity contribution >= 4 is 5.82 Å². The topological polar surface area (TPSA) is 70.3 Å². The van der Waals surface area contributed by atoms with Crippen LogP contribution in [0.1, 0.15) is 45.0 Å². The van der Waals surface area contributed by atoms with Gasteiger partial charge in [-0.25, -0.2) is 4.98 Å². The van der Waals surface area contributed by atoms with Gasteiger partial charge in [0, 0.05) is 19.3 Å². The van der Waals surface area contributed by atoms with E-state index in [9.17, 15) is 0 Å². The lowest BCUT2D eigenvalue weighted by molar-refractivity contribution is -0.0731. The summed E-state index contributed by atoms with van der Waals surface area (Å²) in [7, 11) is 0. The summed E-state index contributed by atoms with van der Waals surface area (Å²) in [6, 6.07) is 0. The Balaban J connectivity index is 2.16. The van der Waals surface area contributed by atoms with Crippen molar-refractivity contribution in [1.29, 1.82) is 0 Å². The number of ether oxygens (including phenoxy) is 2. The minimum Gasteiger partial charge on any atom is -0.474 e. The first-order valence-corrected chi connectivity index (χ1v) is 6.94. The first kappa shape index (κ1) is 14.1. The molecule has 5 heteroatoms. The minimum absolute atomic E-state index is 0.136. The summed E-state index contributed by atoms with van der Waals surface area (Å²) in [4.78, 5) is 8.68. The molecule has 5 nitrogen and oxygen atoms in total. The summed E-state index contributed by atoms with van der Waals surface area (Å²) in [5.74, 6) is 1.86. The van der Waals surface area contributed by atoms with Gasteiger partial charge >= 0.3 is 0 Å². The number of hydrogen-bond donors (Lipinski definition) is 1. The second-order valence-electron chi connectivity index (χ2n) is 5.28. The number of aryl methyl sites for hydroxylation is 1. The highest BCUT2D eigenvalue weighted by molar-refractivity contribution is 5.44. The first-order valence-electron chi connectivity index (χ1n) is 6.94. The second kappa shape index (κ2) is 5.74. The summed E-state index contributed by atoms with van der Waals surface area (Å²) >= 11 is 0. The molecule has 2 atom stereocenters. The van der Waals surface area contributed by atoms with Gasteiger partial charge in [0.25, 0.3) is 0 Å². The van der Waals surface area contributed by atoms with Gasteiger partial charge in [0.05, 0.1) is 17.8 Å². The summed E-state index contributed by atoms with van der Waals surface area (Å²) in [5.41, 5.74) is 6.72. The van der Waals surface area contributed by atoms with Crippen LogP contribution in [0.25, 0.3) is 0 Å². The molecule has 2 rings (SSSR count). The zero-order valence-electron chi connectivity index (χ0n) is 12.1. The molecule has 0 aromatic carbocycles. The van der Waals surface area contributed by atoms with Gasteiger partial charge in [0.1, 0.15) is 17.7 Å². The van der Waals surface area contributed by atoms with Crippen LogP contribution in [0.15, 0.2) is 0 Å². The Kier molecular flexibility index (Phi) is 4.24. The van der Waals surface area contributed by atoms with Crippen LogP contribution in [-0.4, -0.2) is 28.3 Å². The summed E-state index contributed by atoms with van der Waals surface area (Å²) in [6.45, 7) is 8.05. The van der Waals surface area contributed by atoms with Crippen LogP contribution in [0, 0.1) is 6.92 Å². The third kappa shape index (κ3) is 3.35. The zero-order chi connectivity index (χ0) is 14.0. The van der Waals surface area contributed by atoms with Crippen LogP contribution in [0.2, 0.25) is 0 Å². The number of hydrogen-bond acceptors (Lipinski definition) is 5. The van der Waals surface area contributed by atoms with Gasteiger partial charge in [0.2, 0.25) is 5.88 Å². The molecule has 0 bridgehead atoms. The van der Waals surface area contributed by atoms with E-state index in [1.165, 1.54) is 0 Å². The van der Waals surface area contributed by atoms with Crippen molar-refractivity contribution in [3.63, 3.8) is 0 Å². The molecule has 0 saturated carbocycles. The molecule has 1 aliphatic heterocycles. The van der Waals surface area contributed by atoms with E-state index in [1.54, 1.807) is 0 Å². The van der Waals surface area contributed by atoms with E-state index in [0.717, 1.165) is 30.7 Å². The van der Waals surface area contributed by atoms with Crippen molar-refractivity contribution in [1.82, 2.24) is 9.97 Å². The Morgan fingerprint density at radius 1 is 1.26 bits per heavy atom.